The van der Waals surface area contributed by atoms with Crippen LogP contribution in [0.4, 0.5) is 18.9 Å². The van der Waals surface area contributed by atoms with Crippen molar-refractivity contribution in [1.82, 2.24) is 15.2 Å². The third-order valence-corrected chi connectivity index (χ3v) is 4.55. The molecule has 10 heteroatoms. The maximum Gasteiger partial charge on any atom is 0.387 e. The zero-order valence-corrected chi connectivity index (χ0v) is 15.3. The Bertz CT molecular complexity index is 950. The number of hydrogen-bond donors (Lipinski definition) is 2. The number of benzene rings is 2. The number of ether oxygens (including phenoxy) is 1. The summed E-state index contributed by atoms with van der Waals surface area (Å²) in [5.41, 5.74) is 0.714. The molecule has 0 saturated heterocycles. The molecule has 0 radical (unpaired) electrons. The number of H-pyrrole nitrogens is 1. The molecular formula is C18H15F3N4O2S. The number of anilines is 1. The number of aromatic amines is 1. The van der Waals surface area contributed by atoms with E-state index in [0.717, 1.165) is 11.8 Å². The van der Waals surface area contributed by atoms with Crippen LogP contribution in [0.25, 0.3) is 11.4 Å². The average molecular weight is 408 g/mol. The van der Waals surface area contributed by atoms with E-state index in [2.05, 4.69) is 25.2 Å². The van der Waals surface area contributed by atoms with Gasteiger partial charge in [-0.3, -0.25) is 9.89 Å². The number of alkyl halides is 2. The number of halogens is 3. The molecule has 0 fully saturated rings. The van der Waals surface area contributed by atoms with E-state index < -0.39 is 17.7 Å². The Balaban J connectivity index is 1.59. The molecule has 6 nitrogen and oxygen atoms in total. The zero-order valence-electron chi connectivity index (χ0n) is 14.5. The number of nitrogens with zero attached hydrogens (tertiary/aromatic N) is 2. The Labute approximate surface area is 162 Å². The fourth-order valence-corrected chi connectivity index (χ4v) is 2.97. The van der Waals surface area contributed by atoms with Crippen molar-refractivity contribution in [3.63, 3.8) is 0 Å². The van der Waals surface area contributed by atoms with Crippen molar-refractivity contribution in [2.45, 2.75) is 23.9 Å². The smallest absolute Gasteiger partial charge is 0.387 e. The van der Waals surface area contributed by atoms with Gasteiger partial charge in [0.25, 0.3) is 0 Å². The van der Waals surface area contributed by atoms with Crippen molar-refractivity contribution >= 4 is 23.4 Å². The van der Waals surface area contributed by atoms with Crippen molar-refractivity contribution < 1.29 is 22.7 Å². The average Bonchev–Trinajstić information content (AvgIpc) is 3.11. The summed E-state index contributed by atoms with van der Waals surface area (Å²) in [7, 11) is 0. The van der Waals surface area contributed by atoms with E-state index in [1.165, 1.54) is 30.3 Å². The van der Waals surface area contributed by atoms with Gasteiger partial charge in [0.15, 0.2) is 5.82 Å². The number of hydrogen-bond acceptors (Lipinski definition) is 5. The molecule has 2 aromatic carbocycles. The maximum atomic E-state index is 13.8. The van der Waals surface area contributed by atoms with Crippen LogP contribution >= 0.6 is 11.8 Å². The number of aromatic nitrogens is 3. The van der Waals surface area contributed by atoms with E-state index in [9.17, 15) is 18.0 Å². The lowest BCUT2D eigenvalue weighted by molar-refractivity contribution is -0.115. The van der Waals surface area contributed by atoms with E-state index in [-0.39, 0.29) is 23.0 Å². The van der Waals surface area contributed by atoms with Gasteiger partial charge in [-0.25, -0.2) is 9.37 Å². The molecule has 1 atom stereocenters. The monoisotopic (exact) mass is 408 g/mol. The van der Waals surface area contributed by atoms with Crippen molar-refractivity contribution in [3.05, 3.63) is 54.3 Å². The third kappa shape index (κ3) is 5.03. The van der Waals surface area contributed by atoms with Gasteiger partial charge >= 0.3 is 6.61 Å². The molecule has 0 spiro atoms. The lowest BCUT2D eigenvalue weighted by atomic mass is 10.2. The first kappa shape index (κ1) is 19.7. The van der Waals surface area contributed by atoms with Gasteiger partial charge in [0.1, 0.15) is 11.6 Å². The lowest BCUT2D eigenvalue weighted by Gasteiger charge is -2.11. The second-order valence-electron chi connectivity index (χ2n) is 5.60. The van der Waals surface area contributed by atoms with E-state index in [0.29, 0.717) is 10.8 Å². The summed E-state index contributed by atoms with van der Waals surface area (Å²) < 4.78 is 42.4. The first-order valence-electron chi connectivity index (χ1n) is 8.12. The van der Waals surface area contributed by atoms with Gasteiger partial charge < -0.3 is 10.1 Å². The highest BCUT2D eigenvalue weighted by Gasteiger charge is 2.18. The number of rotatable bonds is 7. The van der Waals surface area contributed by atoms with E-state index in [1.807, 2.05) is 0 Å². The Morgan fingerprint density at radius 1 is 1.18 bits per heavy atom. The number of amides is 1. The van der Waals surface area contributed by atoms with E-state index >= 15 is 0 Å². The van der Waals surface area contributed by atoms with E-state index in [4.69, 9.17) is 0 Å². The fourth-order valence-electron chi connectivity index (χ4n) is 2.25. The third-order valence-electron chi connectivity index (χ3n) is 3.59. The summed E-state index contributed by atoms with van der Waals surface area (Å²) >= 11 is 1.09. The summed E-state index contributed by atoms with van der Waals surface area (Å²) in [4.78, 5) is 16.5. The molecule has 1 aromatic heterocycles. The predicted octanol–water partition coefficient (Wildman–Crippen LogP) is 4.33. The molecule has 0 bridgehead atoms. The highest BCUT2D eigenvalue weighted by atomic mass is 32.2. The molecule has 3 aromatic rings. The molecule has 0 saturated carbocycles. The van der Waals surface area contributed by atoms with Gasteiger partial charge in [0, 0.05) is 5.69 Å². The first-order chi connectivity index (χ1) is 13.4. The second-order valence-corrected chi connectivity index (χ2v) is 6.91. The standard InChI is InChI=1S/C18H15F3N4O2S/c1-10(16(26)22-11-6-8-12(9-7-11)27-17(20)21)28-18-23-15(24-25-18)13-4-2-3-5-14(13)19/h2-10,17H,1H3,(H,22,26)(H,23,24,25). The Kier molecular flexibility index (Phi) is 6.19. The van der Waals surface area contributed by atoms with Crippen LogP contribution in [0.5, 0.6) is 5.75 Å². The molecule has 3 rings (SSSR count). The Morgan fingerprint density at radius 2 is 1.89 bits per heavy atom. The summed E-state index contributed by atoms with van der Waals surface area (Å²) in [6, 6.07) is 11.7. The summed E-state index contributed by atoms with van der Waals surface area (Å²) in [6.45, 7) is -1.25. The van der Waals surface area contributed by atoms with Gasteiger partial charge in [0.2, 0.25) is 11.1 Å². The number of carbonyl (C=O) groups excluding carboxylic acids is 1. The van der Waals surface area contributed by atoms with Crippen molar-refractivity contribution in [1.29, 1.82) is 0 Å². The topological polar surface area (TPSA) is 79.9 Å². The first-order valence-corrected chi connectivity index (χ1v) is 9.00. The van der Waals surface area contributed by atoms with Gasteiger partial charge in [-0.1, -0.05) is 23.9 Å². The van der Waals surface area contributed by atoms with Crippen LogP contribution in [0.2, 0.25) is 0 Å². The van der Waals surface area contributed by atoms with Crippen LogP contribution < -0.4 is 10.1 Å². The number of carbonyl (C=O) groups is 1. The van der Waals surface area contributed by atoms with Crippen LogP contribution in [-0.2, 0) is 4.79 Å². The van der Waals surface area contributed by atoms with Crippen LogP contribution in [-0.4, -0.2) is 32.9 Å². The van der Waals surface area contributed by atoms with E-state index in [1.54, 1.807) is 25.1 Å². The quantitative estimate of drug-likeness (QED) is 0.569. The number of thioether (sulfide) groups is 1. The second kappa shape index (κ2) is 8.79. The van der Waals surface area contributed by atoms with Gasteiger partial charge in [-0.2, -0.15) is 8.78 Å². The minimum atomic E-state index is -2.91. The summed E-state index contributed by atoms with van der Waals surface area (Å²) in [5, 5.41) is 9.04. The van der Waals surface area contributed by atoms with Gasteiger partial charge in [-0.05, 0) is 43.3 Å². The lowest BCUT2D eigenvalue weighted by Crippen LogP contribution is -2.22. The van der Waals surface area contributed by atoms with Crippen LogP contribution in [0.15, 0.2) is 53.7 Å². The minimum Gasteiger partial charge on any atom is -0.435 e. The fraction of sp³-hybridized carbons (Fsp3) is 0.167. The molecule has 1 amide bonds. The van der Waals surface area contributed by atoms with Crippen molar-refractivity contribution in [2.75, 3.05) is 5.32 Å². The molecule has 146 valence electrons. The van der Waals surface area contributed by atoms with Gasteiger partial charge in [0.05, 0.1) is 10.8 Å². The Morgan fingerprint density at radius 3 is 2.57 bits per heavy atom. The molecule has 1 unspecified atom stereocenters. The molecule has 0 aliphatic heterocycles. The highest BCUT2D eigenvalue weighted by molar-refractivity contribution is 8.00. The molecule has 0 aliphatic carbocycles. The normalized spacial score (nSPS) is 12.0. The molecule has 2 N–H and O–H groups in total. The SMILES string of the molecule is CC(Sc1n[nH]c(-c2ccccc2F)n1)C(=O)Nc1ccc(OC(F)F)cc1. The zero-order chi connectivity index (χ0) is 20.1. The van der Waals surface area contributed by atoms with Crippen molar-refractivity contribution in [2.24, 2.45) is 0 Å². The van der Waals surface area contributed by atoms with Crippen molar-refractivity contribution in [3.8, 4) is 17.1 Å². The van der Waals surface area contributed by atoms with Crippen LogP contribution in [0.3, 0.4) is 0 Å². The van der Waals surface area contributed by atoms with Gasteiger partial charge in [-0.15, -0.1) is 5.10 Å². The largest absolute Gasteiger partial charge is 0.435 e. The maximum absolute atomic E-state index is 13.8. The summed E-state index contributed by atoms with van der Waals surface area (Å²) in [6.07, 6.45) is 0. The summed E-state index contributed by atoms with van der Waals surface area (Å²) in [5.74, 6) is -0.496. The number of nitrogens with one attached hydrogen (secondary N) is 2. The predicted molar refractivity (Wildman–Crippen MR) is 98.8 cm³/mol. The molecule has 0 aliphatic rings. The molecular weight excluding hydrogens is 393 g/mol. The van der Waals surface area contributed by atoms with Crippen LogP contribution in [0, 0.1) is 5.82 Å². The molecule has 28 heavy (non-hydrogen) atoms. The Hall–Kier alpha value is -3.01. The minimum absolute atomic E-state index is 0.00295. The van der Waals surface area contributed by atoms with Crippen LogP contribution in [0.1, 0.15) is 6.92 Å². The molecule has 1 heterocycles. The highest BCUT2D eigenvalue weighted by Crippen LogP contribution is 2.25.